The van der Waals surface area contributed by atoms with Crippen molar-refractivity contribution in [2.24, 2.45) is 28.7 Å². The zero-order valence-corrected chi connectivity index (χ0v) is 41.3. The summed E-state index contributed by atoms with van der Waals surface area (Å²) in [6.45, 7) is 16.7. The largest absolute Gasteiger partial charge is 0.482 e. The Kier molecular flexibility index (Phi) is 13.7. The number of rotatable bonds is 12. The van der Waals surface area contributed by atoms with Crippen molar-refractivity contribution in [3.63, 3.8) is 0 Å². The molecule has 14 heteroatoms. The fourth-order valence-corrected chi connectivity index (χ4v) is 11.4. The second-order valence-electron chi connectivity index (χ2n) is 20.7. The molecule has 0 bridgehead atoms. The molecule has 370 valence electrons. The average Bonchev–Trinajstić information content (AvgIpc) is 3.59. The summed E-state index contributed by atoms with van der Waals surface area (Å²) in [5.74, 6) is -3.16. The third kappa shape index (κ3) is 8.24. The molecular formula is C55H67NO13. The number of methoxy groups -OCH3 is 1. The number of carbonyl (C=O) groups excluding carboxylic acids is 3. The highest BCUT2D eigenvalue weighted by Gasteiger charge is 2.70. The summed E-state index contributed by atoms with van der Waals surface area (Å²) in [5.41, 5.74) is 0.639. The zero-order valence-electron chi connectivity index (χ0n) is 41.3. The molecule has 1 spiro atoms. The normalized spacial score (nSPS) is 32.2. The van der Waals surface area contributed by atoms with E-state index in [2.05, 4.69) is 6.08 Å². The van der Waals surface area contributed by atoms with Gasteiger partial charge in [-0.05, 0) is 91.2 Å². The smallest absolute Gasteiger partial charge is 0.333 e. The van der Waals surface area contributed by atoms with Crippen molar-refractivity contribution in [3.8, 4) is 17.2 Å². The highest BCUT2D eigenvalue weighted by Crippen LogP contribution is 2.65. The number of aliphatic hydroxyl groups is 5. The molecular weight excluding hydrogens is 883 g/mol. The minimum absolute atomic E-state index is 0.0000384. The topological polar surface area (TPSA) is 211 Å². The lowest BCUT2D eigenvalue weighted by Crippen LogP contribution is -2.72. The summed E-state index contributed by atoms with van der Waals surface area (Å²) in [6, 6.07) is 7.25. The molecule has 2 aromatic rings. The molecule has 6 aliphatic rings. The van der Waals surface area contributed by atoms with Crippen LogP contribution in [-0.4, -0.2) is 110 Å². The van der Waals surface area contributed by atoms with Gasteiger partial charge in [-0.2, -0.15) is 0 Å². The highest BCUT2D eigenvalue weighted by atomic mass is 16.7. The zero-order chi connectivity index (χ0) is 50.1. The van der Waals surface area contributed by atoms with E-state index in [0.717, 1.165) is 11.1 Å². The maximum absolute atomic E-state index is 15.0. The summed E-state index contributed by atoms with van der Waals surface area (Å²) in [5, 5.41) is 57.6. The number of aliphatic hydroxyl groups excluding tert-OH is 4. The number of Topliss-reactive ketones (excluding diaryl/α,β-unsaturated/α-hetero) is 2. The molecule has 1 saturated carbocycles. The number of aliphatic imine (C=N–C) groups is 1. The van der Waals surface area contributed by atoms with E-state index in [-0.39, 0.29) is 59.3 Å². The monoisotopic (exact) mass is 949 g/mol. The average molecular weight is 950 g/mol. The lowest BCUT2D eigenvalue weighted by molar-refractivity contribution is -0.277. The molecule has 2 aromatic carbocycles. The number of allylic oxidation sites excluding steroid dienone is 4. The molecule has 69 heavy (non-hydrogen) atoms. The minimum atomic E-state index is -2.36. The summed E-state index contributed by atoms with van der Waals surface area (Å²) in [4.78, 5) is 48.2. The van der Waals surface area contributed by atoms with E-state index in [9.17, 15) is 35.1 Å². The van der Waals surface area contributed by atoms with E-state index in [1.807, 2.05) is 85.8 Å². The Bertz CT molecular complexity index is 2630. The Hall–Kier alpha value is -5.22. The van der Waals surface area contributed by atoms with Crippen LogP contribution in [0.4, 0.5) is 0 Å². The Balaban J connectivity index is 1.53. The van der Waals surface area contributed by atoms with Gasteiger partial charge in [-0.3, -0.25) is 14.6 Å². The van der Waals surface area contributed by atoms with Crippen LogP contribution in [0.1, 0.15) is 127 Å². The first kappa shape index (κ1) is 50.2. The number of esters is 1. The minimum Gasteiger partial charge on any atom is -0.482 e. The summed E-state index contributed by atoms with van der Waals surface area (Å²) >= 11 is 0. The molecule has 1 saturated heterocycles. The molecule has 0 radical (unpaired) electrons. The summed E-state index contributed by atoms with van der Waals surface area (Å²) in [6.07, 6.45) is 2.67. The van der Waals surface area contributed by atoms with Crippen molar-refractivity contribution >= 4 is 35.0 Å². The van der Waals surface area contributed by atoms with Crippen LogP contribution >= 0.6 is 0 Å². The van der Waals surface area contributed by atoms with Crippen LogP contribution in [0, 0.1) is 23.7 Å². The molecule has 2 fully saturated rings. The van der Waals surface area contributed by atoms with E-state index in [1.165, 1.54) is 13.2 Å². The fraction of sp³-hybridized carbons (Fsp3) is 0.527. The van der Waals surface area contributed by atoms with Crippen LogP contribution in [0.5, 0.6) is 17.2 Å². The van der Waals surface area contributed by atoms with Gasteiger partial charge in [0.05, 0.1) is 42.2 Å². The quantitative estimate of drug-likeness (QED) is 0.0830. The maximum Gasteiger partial charge on any atom is 0.333 e. The van der Waals surface area contributed by atoms with Gasteiger partial charge in [-0.1, -0.05) is 74.4 Å². The fourth-order valence-electron chi connectivity index (χ4n) is 11.4. The van der Waals surface area contributed by atoms with Gasteiger partial charge in [0.1, 0.15) is 47.3 Å². The molecule has 0 amide bonds. The lowest BCUT2D eigenvalue weighted by Gasteiger charge is -2.59. The van der Waals surface area contributed by atoms with Crippen molar-refractivity contribution in [2.45, 2.75) is 148 Å². The molecule has 2 aliphatic carbocycles. The second-order valence-corrected chi connectivity index (χ2v) is 20.7. The number of fused-ring (bicyclic) bond motifs is 7. The van der Waals surface area contributed by atoms with E-state index in [0.29, 0.717) is 58.6 Å². The van der Waals surface area contributed by atoms with E-state index >= 15 is 4.79 Å². The van der Waals surface area contributed by atoms with Gasteiger partial charge in [-0.15, -0.1) is 0 Å². The third-order valence-electron chi connectivity index (χ3n) is 15.1. The number of hydrogen-bond acceptors (Lipinski definition) is 14. The number of hydrogen-bond donors (Lipinski definition) is 5. The predicted octanol–water partition coefficient (Wildman–Crippen LogP) is 6.95. The molecule has 0 aromatic heterocycles. The van der Waals surface area contributed by atoms with Gasteiger partial charge in [0.15, 0.2) is 22.8 Å². The van der Waals surface area contributed by atoms with Crippen molar-refractivity contribution in [2.75, 3.05) is 13.7 Å². The third-order valence-corrected chi connectivity index (χ3v) is 15.1. The van der Waals surface area contributed by atoms with Gasteiger partial charge in [0, 0.05) is 46.6 Å². The highest BCUT2D eigenvalue weighted by molar-refractivity contribution is 6.30. The standard InChI is InChI=1S/C55H67NO13/c1-27(2)14-13-23-53(9)24-22-35-48(68-53)34(18-17-28(3)4)50-40(49(35)67-52-47(62)46(61)45(60)37(26-57)66-52)43-41(31(8)39-42(56-43)32-15-11-12-16-33(32)44(39)59)55(69-50)36(29(5)6)19-20-38(58)54(55,64)25-21-30(7)51(63)65-10/h11-12,14-17,21-22,24,29,31,36-37,39,45-47,52,57,60-62,64H,13,18-20,23,25-26H2,1-10H3/b30-21-/t31?,36?,37-,39?,45-,46+,47-,52+,53?,54?,55?/m0/s1. The lowest BCUT2D eigenvalue weighted by atomic mass is 9.53. The number of carbonyl (C=O) groups is 3. The summed E-state index contributed by atoms with van der Waals surface area (Å²) < 4.78 is 32.9. The molecule has 11 atom stereocenters. The second kappa shape index (κ2) is 18.8. The first-order chi connectivity index (χ1) is 32.6. The Labute approximate surface area is 404 Å². The number of nitrogens with zero attached hydrogens (tertiary/aromatic N) is 1. The summed E-state index contributed by atoms with van der Waals surface area (Å²) in [7, 11) is 1.26. The predicted molar refractivity (Wildman–Crippen MR) is 259 cm³/mol. The van der Waals surface area contributed by atoms with Crippen molar-refractivity contribution in [3.05, 3.63) is 98.7 Å². The maximum atomic E-state index is 15.0. The van der Waals surface area contributed by atoms with Crippen LogP contribution in [0.25, 0.3) is 11.8 Å². The number of ether oxygens (including phenoxy) is 5. The first-order valence-corrected chi connectivity index (χ1v) is 24.2. The Morgan fingerprint density at radius 1 is 0.957 bits per heavy atom. The van der Waals surface area contributed by atoms with Gasteiger partial charge < -0.3 is 49.2 Å². The van der Waals surface area contributed by atoms with Crippen molar-refractivity contribution in [1.82, 2.24) is 0 Å². The van der Waals surface area contributed by atoms with Gasteiger partial charge in [0.25, 0.3) is 0 Å². The molecule has 8 rings (SSSR count). The van der Waals surface area contributed by atoms with E-state index in [4.69, 9.17) is 28.7 Å². The van der Waals surface area contributed by atoms with Gasteiger partial charge >= 0.3 is 5.97 Å². The van der Waals surface area contributed by atoms with Crippen LogP contribution in [0.2, 0.25) is 0 Å². The first-order valence-electron chi connectivity index (χ1n) is 24.2. The molecule has 4 heterocycles. The number of benzene rings is 2. The van der Waals surface area contributed by atoms with Gasteiger partial charge in [0.2, 0.25) is 6.29 Å². The Morgan fingerprint density at radius 2 is 1.65 bits per heavy atom. The van der Waals surface area contributed by atoms with Crippen LogP contribution in [0.3, 0.4) is 0 Å². The molecule has 5 N–H and O–H groups in total. The SMILES string of the molecule is COC(=O)/C(C)=C\CC1(O)C(=O)CCC(C(C)C)C12Oc1c(CC=C(C)C)c3c(c(O[C@H]4O[C@@H](CO)[C@H](O)[C@@H](O)[C@@H]4O)c1C1=C2C(C)C2C(=O)c4ccccc4C2=N1)C=CC(C)(CCC=C(C)C)O3. The van der Waals surface area contributed by atoms with Gasteiger partial charge in [-0.25, -0.2) is 4.79 Å². The Morgan fingerprint density at radius 3 is 2.30 bits per heavy atom. The van der Waals surface area contributed by atoms with Crippen LogP contribution in [0.15, 0.2) is 75.9 Å². The number of ketones is 2. The van der Waals surface area contributed by atoms with E-state index < -0.39 is 83.6 Å². The van der Waals surface area contributed by atoms with Crippen LogP contribution in [-0.2, 0) is 25.5 Å². The molecule has 14 nitrogen and oxygen atoms in total. The molecule has 6 unspecified atom stereocenters. The van der Waals surface area contributed by atoms with Crippen molar-refractivity contribution < 1.29 is 63.6 Å². The van der Waals surface area contributed by atoms with Crippen LogP contribution < -0.4 is 14.2 Å². The molecule has 4 aliphatic heterocycles. The van der Waals surface area contributed by atoms with E-state index in [1.54, 1.807) is 19.1 Å². The van der Waals surface area contributed by atoms with Crippen molar-refractivity contribution in [1.29, 1.82) is 0 Å².